The molecule has 0 saturated heterocycles. The van der Waals surface area contributed by atoms with E-state index in [4.69, 9.17) is 0 Å². The van der Waals surface area contributed by atoms with E-state index >= 15 is 0 Å². The molecule has 1 heteroatoms. The summed E-state index contributed by atoms with van der Waals surface area (Å²) in [6, 6.07) is 56.5. The summed E-state index contributed by atoms with van der Waals surface area (Å²) in [5, 5.41) is 0. The first-order valence-electron chi connectivity index (χ1n) is 22.8. The topological polar surface area (TPSA) is 3.24 Å². The maximum absolute atomic E-state index is 2.64. The monoisotopic (exact) mass is 793 g/mol. The number of rotatable bonds is 4. The molecule has 7 aromatic rings. The van der Waals surface area contributed by atoms with Crippen molar-refractivity contribution in [2.75, 3.05) is 4.90 Å². The van der Waals surface area contributed by atoms with E-state index in [1.54, 1.807) is 0 Å². The van der Waals surface area contributed by atoms with Gasteiger partial charge >= 0.3 is 0 Å². The van der Waals surface area contributed by atoms with Crippen molar-refractivity contribution in [1.29, 1.82) is 0 Å². The van der Waals surface area contributed by atoms with Gasteiger partial charge in [-0.2, -0.15) is 0 Å². The Kier molecular flexibility index (Phi) is 8.11. The van der Waals surface area contributed by atoms with Gasteiger partial charge in [-0.25, -0.2) is 0 Å². The van der Waals surface area contributed by atoms with Gasteiger partial charge in [-0.1, -0.05) is 165 Å². The predicted molar refractivity (Wildman–Crippen MR) is 258 cm³/mol. The SMILES string of the molecule is Cc1ccc2c(c1-c1cc3c(cc1N(c1ccccc1)c1ccc4c(c1)C(C)(C)CCC4(C)C)C1(c4ccccc4-c4ccccc41)c1ccccc1-3)C(C)(C)CCC2(C)C. The third-order valence-corrected chi connectivity index (χ3v) is 15.9. The Balaban J connectivity index is 1.31. The highest BCUT2D eigenvalue weighted by Crippen LogP contribution is 2.65. The first-order chi connectivity index (χ1) is 29.1. The summed E-state index contributed by atoms with van der Waals surface area (Å²) in [7, 11) is 0. The number of hydrogen-bond acceptors (Lipinski definition) is 1. The van der Waals surface area contributed by atoms with Gasteiger partial charge in [0.25, 0.3) is 0 Å². The number of aryl methyl sites for hydroxylation is 1. The molecule has 1 spiro atoms. The van der Waals surface area contributed by atoms with Crippen molar-refractivity contribution < 1.29 is 0 Å². The zero-order chi connectivity index (χ0) is 42.3. The second kappa shape index (κ2) is 12.9. The van der Waals surface area contributed by atoms with Crippen LogP contribution in [0.5, 0.6) is 0 Å². The number of benzene rings is 7. The van der Waals surface area contributed by atoms with Gasteiger partial charge in [-0.15, -0.1) is 0 Å². The second-order valence-electron chi connectivity index (χ2n) is 21.4. The Morgan fingerprint density at radius 3 is 1.46 bits per heavy atom. The van der Waals surface area contributed by atoms with E-state index in [0.717, 1.165) is 6.42 Å². The molecule has 4 aliphatic carbocycles. The zero-order valence-electron chi connectivity index (χ0n) is 37.6. The summed E-state index contributed by atoms with van der Waals surface area (Å²) in [6.07, 6.45) is 4.70. The van der Waals surface area contributed by atoms with Crippen LogP contribution in [0, 0.1) is 6.92 Å². The summed E-state index contributed by atoms with van der Waals surface area (Å²) in [5.41, 5.74) is 24.3. The van der Waals surface area contributed by atoms with Gasteiger partial charge in [-0.05, 0) is 169 Å². The quantitative estimate of drug-likeness (QED) is 0.172. The predicted octanol–water partition coefficient (Wildman–Crippen LogP) is 16.2. The minimum absolute atomic E-state index is 0.00393. The molecule has 0 radical (unpaired) electrons. The lowest BCUT2D eigenvalue weighted by Crippen LogP contribution is -2.35. The van der Waals surface area contributed by atoms with E-state index in [9.17, 15) is 0 Å². The molecule has 0 atom stereocenters. The van der Waals surface area contributed by atoms with Crippen LogP contribution in [0.25, 0.3) is 33.4 Å². The fourth-order valence-corrected chi connectivity index (χ4v) is 12.4. The standard InChI is InChI=1S/C60H59N/c1-38-27-29-50-55(59(8,9)34-33-57(50,4)5)54(38)45-36-44-43-23-15-18-26-48(43)60(46-24-16-13-21-41(46)42-22-14-17-25-47(42)60)51(44)37-53(45)61(39-19-11-10-12-20-39)40-28-30-49-52(35-40)58(6,7)32-31-56(49,2)3/h10-30,35-37H,31-34H2,1-9H3. The van der Waals surface area contributed by atoms with Gasteiger partial charge in [0.1, 0.15) is 0 Å². The van der Waals surface area contributed by atoms with Gasteiger partial charge < -0.3 is 4.90 Å². The van der Waals surface area contributed by atoms with Crippen LogP contribution in [0.3, 0.4) is 0 Å². The summed E-state index contributed by atoms with van der Waals surface area (Å²) in [4.78, 5) is 2.62. The molecule has 0 bridgehead atoms. The van der Waals surface area contributed by atoms with E-state index in [-0.39, 0.29) is 21.7 Å². The van der Waals surface area contributed by atoms with Crippen molar-refractivity contribution in [3.05, 3.63) is 196 Å². The average Bonchev–Trinajstić information content (AvgIpc) is 3.71. The van der Waals surface area contributed by atoms with Gasteiger partial charge in [0.2, 0.25) is 0 Å². The number of hydrogen-bond donors (Lipinski definition) is 0. The van der Waals surface area contributed by atoms with Crippen molar-refractivity contribution >= 4 is 17.1 Å². The maximum atomic E-state index is 2.64. The Bertz CT molecular complexity index is 2890. The van der Waals surface area contributed by atoms with Crippen LogP contribution >= 0.6 is 0 Å². The molecule has 0 aliphatic heterocycles. The lowest BCUT2D eigenvalue weighted by Gasteiger charge is -2.44. The van der Waals surface area contributed by atoms with Gasteiger partial charge in [0.05, 0.1) is 11.1 Å². The Labute approximate surface area is 364 Å². The number of anilines is 3. The van der Waals surface area contributed by atoms with Crippen LogP contribution in [0.15, 0.2) is 146 Å². The van der Waals surface area contributed by atoms with Crippen molar-refractivity contribution in [2.24, 2.45) is 0 Å². The van der Waals surface area contributed by atoms with Crippen molar-refractivity contribution in [3.63, 3.8) is 0 Å². The molecule has 0 saturated carbocycles. The van der Waals surface area contributed by atoms with Crippen molar-refractivity contribution in [2.45, 2.75) is 115 Å². The van der Waals surface area contributed by atoms with E-state index in [2.05, 4.69) is 213 Å². The normalized spacial score (nSPS) is 18.6. The molecule has 1 nitrogen and oxygen atoms in total. The highest BCUT2D eigenvalue weighted by Gasteiger charge is 2.52. The first kappa shape index (κ1) is 38.3. The average molecular weight is 794 g/mol. The molecule has 0 N–H and O–H groups in total. The Hall–Kier alpha value is -5.66. The van der Waals surface area contributed by atoms with Crippen LogP contribution in [-0.4, -0.2) is 0 Å². The van der Waals surface area contributed by atoms with Crippen molar-refractivity contribution in [3.8, 4) is 33.4 Å². The molecule has 4 aliphatic rings. The molecule has 0 fully saturated rings. The summed E-state index contributed by atoms with van der Waals surface area (Å²) in [6.45, 7) is 22.1. The summed E-state index contributed by atoms with van der Waals surface area (Å²) >= 11 is 0. The third kappa shape index (κ3) is 5.32. The van der Waals surface area contributed by atoms with Crippen molar-refractivity contribution in [1.82, 2.24) is 0 Å². The molecule has 11 rings (SSSR count). The van der Waals surface area contributed by atoms with E-state index < -0.39 is 5.41 Å². The van der Waals surface area contributed by atoms with Crippen LogP contribution in [0.1, 0.15) is 131 Å². The van der Waals surface area contributed by atoms with E-state index in [1.165, 1.54) is 120 Å². The lowest BCUT2D eigenvalue weighted by atomic mass is 9.61. The number of fused-ring (bicyclic) bond motifs is 12. The fraction of sp³-hybridized carbons (Fsp3) is 0.300. The largest absolute Gasteiger partial charge is 0.310 e. The van der Waals surface area contributed by atoms with Gasteiger partial charge in [0, 0.05) is 16.9 Å². The van der Waals surface area contributed by atoms with Gasteiger partial charge in [-0.3, -0.25) is 0 Å². The smallest absolute Gasteiger partial charge is 0.0726 e. The lowest BCUT2D eigenvalue weighted by molar-refractivity contribution is 0.332. The van der Waals surface area contributed by atoms with Gasteiger partial charge in [0.15, 0.2) is 0 Å². The second-order valence-corrected chi connectivity index (χ2v) is 21.4. The first-order valence-corrected chi connectivity index (χ1v) is 22.8. The third-order valence-electron chi connectivity index (χ3n) is 15.9. The zero-order valence-corrected chi connectivity index (χ0v) is 37.6. The molecule has 0 unspecified atom stereocenters. The fourth-order valence-electron chi connectivity index (χ4n) is 12.4. The van der Waals surface area contributed by atoms with E-state index in [0.29, 0.717) is 0 Å². The minimum Gasteiger partial charge on any atom is -0.310 e. The van der Waals surface area contributed by atoms with Crippen LogP contribution in [0.4, 0.5) is 17.1 Å². The highest BCUT2D eigenvalue weighted by molar-refractivity contribution is 6.01. The Morgan fingerprint density at radius 1 is 0.361 bits per heavy atom. The minimum atomic E-state index is -0.455. The molecule has 0 heterocycles. The molecule has 0 amide bonds. The molecule has 7 aromatic carbocycles. The molecule has 304 valence electrons. The van der Waals surface area contributed by atoms with Crippen LogP contribution in [-0.2, 0) is 27.1 Å². The summed E-state index contributed by atoms with van der Waals surface area (Å²) < 4.78 is 0. The summed E-state index contributed by atoms with van der Waals surface area (Å²) in [5.74, 6) is 0. The van der Waals surface area contributed by atoms with Crippen LogP contribution < -0.4 is 4.90 Å². The molecular formula is C60H59N. The molecule has 0 aromatic heterocycles. The number of nitrogens with zero attached hydrogens (tertiary/aromatic N) is 1. The highest BCUT2D eigenvalue weighted by atomic mass is 15.1. The Morgan fingerprint density at radius 2 is 0.852 bits per heavy atom. The number of para-hydroxylation sites is 1. The molecular weight excluding hydrogens is 735 g/mol. The molecule has 61 heavy (non-hydrogen) atoms. The van der Waals surface area contributed by atoms with Crippen LogP contribution in [0.2, 0.25) is 0 Å². The van der Waals surface area contributed by atoms with E-state index in [1.807, 2.05) is 0 Å². The maximum Gasteiger partial charge on any atom is 0.0726 e.